The molecule has 6 aromatic rings. The minimum atomic E-state index is -0.994. The Balaban J connectivity index is 0.000000160. The van der Waals surface area contributed by atoms with Crippen LogP contribution in [0.3, 0.4) is 0 Å². The topological polar surface area (TPSA) is 180 Å². The van der Waals surface area contributed by atoms with Gasteiger partial charge in [-0.1, -0.05) is 36.4 Å². The first-order chi connectivity index (χ1) is 27.7. The van der Waals surface area contributed by atoms with Crippen molar-refractivity contribution in [3.05, 3.63) is 131 Å². The molecule has 4 aromatic heterocycles. The van der Waals surface area contributed by atoms with Gasteiger partial charge >= 0.3 is 5.97 Å². The number of fused-ring (bicyclic) bond motifs is 4. The summed E-state index contributed by atoms with van der Waals surface area (Å²) in [4.78, 5) is 55.4. The summed E-state index contributed by atoms with van der Waals surface area (Å²) in [7, 11) is 0. The molecule has 2 aromatic carbocycles. The number of carbonyl (C=O) groups excluding carboxylic acids is 3. The summed E-state index contributed by atoms with van der Waals surface area (Å²) in [6, 6.07) is 24.1. The molecule has 3 amide bonds. The van der Waals surface area contributed by atoms with Crippen molar-refractivity contribution in [3.63, 3.8) is 0 Å². The van der Waals surface area contributed by atoms with Crippen LogP contribution in [-0.2, 0) is 32.0 Å². The van der Waals surface area contributed by atoms with E-state index in [2.05, 4.69) is 44.1 Å². The van der Waals surface area contributed by atoms with Crippen LogP contribution in [0, 0.1) is 0 Å². The normalized spacial score (nSPS) is 15.8. The molecule has 0 unspecified atom stereocenters. The Morgan fingerprint density at radius 2 is 1.17 bits per heavy atom. The van der Waals surface area contributed by atoms with Crippen LogP contribution in [0.15, 0.2) is 106 Å². The Morgan fingerprint density at radius 1 is 0.678 bits per heavy atom. The first-order valence-electron chi connectivity index (χ1n) is 18.9. The number of hydrogen-bond donors (Lipinski definition) is 4. The summed E-state index contributed by atoms with van der Waals surface area (Å²) < 4.78 is 11.6. The maximum Gasteiger partial charge on any atom is 0.328 e. The first-order valence-corrected chi connectivity index (χ1v) is 18.9. The second-order valence-corrected chi connectivity index (χ2v) is 14.3. The number of nitrogens with zero attached hydrogens (tertiary/aromatic N) is 3. The zero-order valence-corrected chi connectivity index (χ0v) is 33.4. The fraction of sp³-hybridized carbons (Fsp3) is 0.227. The van der Waals surface area contributed by atoms with Gasteiger partial charge in [-0.25, -0.2) is 14.8 Å². The van der Waals surface area contributed by atoms with Crippen molar-refractivity contribution in [3.8, 4) is 0 Å². The SMILES string of the molecule is Cl.Cl.O=C(O)/C=C/c1cnc2c(c1)CCC(=O)N2.O=C1CCc2cc(/C=C/C(=O)N3CC(c4cc5ccccc5o4)C3)cnc2N1.c1ccc2oc(C3CNC3)cc2c1. The maximum atomic E-state index is 12.4. The van der Waals surface area contributed by atoms with Crippen LogP contribution in [0.25, 0.3) is 34.1 Å². The molecule has 0 saturated carbocycles. The van der Waals surface area contributed by atoms with Crippen molar-refractivity contribution >= 4 is 94.2 Å². The van der Waals surface area contributed by atoms with Crippen LogP contribution >= 0.6 is 24.8 Å². The molecule has 0 aliphatic carbocycles. The highest BCUT2D eigenvalue weighted by molar-refractivity contribution is 5.95. The van der Waals surface area contributed by atoms with Crippen LogP contribution < -0.4 is 16.0 Å². The van der Waals surface area contributed by atoms with Crippen molar-refractivity contribution in [2.45, 2.75) is 37.5 Å². The number of para-hydroxylation sites is 2. The number of hydrogen-bond acceptors (Lipinski definition) is 9. The van der Waals surface area contributed by atoms with E-state index in [1.54, 1.807) is 23.2 Å². The molecule has 10 rings (SSSR count). The number of aryl methyl sites for hydroxylation is 2. The van der Waals surface area contributed by atoms with Gasteiger partial charge in [-0.05, 0) is 83.6 Å². The number of pyridine rings is 2. The summed E-state index contributed by atoms with van der Waals surface area (Å²) in [5.41, 5.74) is 5.41. The predicted molar refractivity (Wildman–Crippen MR) is 230 cm³/mol. The molecule has 4 aliphatic rings. The number of carbonyl (C=O) groups is 4. The molecule has 4 N–H and O–H groups in total. The van der Waals surface area contributed by atoms with Crippen LogP contribution in [-0.4, -0.2) is 69.8 Å². The van der Waals surface area contributed by atoms with Gasteiger partial charge in [0.15, 0.2) is 0 Å². The molecule has 13 nitrogen and oxygen atoms in total. The summed E-state index contributed by atoms with van der Waals surface area (Å²) in [6.07, 6.45) is 11.3. The number of nitrogens with one attached hydrogen (secondary N) is 3. The van der Waals surface area contributed by atoms with Gasteiger partial charge in [-0.3, -0.25) is 14.4 Å². The van der Waals surface area contributed by atoms with Crippen molar-refractivity contribution in [2.24, 2.45) is 0 Å². The lowest BCUT2D eigenvalue weighted by Crippen LogP contribution is -2.47. The number of aliphatic carboxylic acids is 1. The molecule has 2 saturated heterocycles. The van der Waals surface area contributed by atoms with Crippen molar-refractivity contribution in [2.75, 3.05) is 36.8 Å². The summed E-state index contributed by atoms with van der Waals surface area (Å²) in [6.45, 7) is 3.44. The van der Waals surface area contributed by atoms with E-state index in [0.717, 1.165) is 69.5 Å². The average molecular weight is 838 g/mol. The zero-order chi connectivity index (χ0) is 39.3. The fourth-order valence-electron chi connectivity index (χ4n) is 6.91. The second kappa shape index (κ2) is 19.0. The Labute approximate surface area is 351 Å². The third-order valence-electron chi connectivity index (χ3n) is 10.2. The monoisotopic (exact) mass is 836 g/mol. The number of furan rings is 2. The molecular weight excluding hydrogens is 795 g/mol. The lowest BCUT2D eigenvalue weighted by molar-refractivity contribution is -0.131. The molecule has 15 heteroatoms. The zero-order valence-electron chi connectivity index (χ0n) is 31.8. The highest BCUT2D eigenvalue weighted by atomic mass is 35.5. The molecule has 4 aliphatic heterocycles. The molecule has 59 heavy (non-hydrogen) atoms. The standard InChI is InChI=1S/C22H19N3O3.C11H10N2O3.C11H11NO.2ClH/c26-20-7-6-16-9-14(11-23-22(16)24-20)5-8-21(27)25-12-17(13-25)19-10-15-3-1-2-4-18(15)28-19;14-9-3-2-8-5-7(1-4-10(15)16)6-12-11(8)13-9;1-2-4-10-8(3-1)5-11(13-10)9-6-12-7-9;;/h1-5,8-11,17H,6-7,12-13H2,(H,23,24,26);1,4-6H,2-3H2,(H,15,16)(H,12,13,14);1-5,9,12H,6-7H2;2*1H/b8-5+;4-1+;;;. The Kier molecular flexibility index (Phi) is 13.6. The van der Waals surface area contributed by atoms with E-state index in [1.165, 1.54) is 17.7 Å². The van der Waals surface area contributed by atoms with Gasteiger partial charge in [0, 0.05) is 80.3 Å². The quantitative estimate of drug-likeness (QED) is 0.124. The van der Waals surface area contributed by atoms with Gasteiger partial charge in [0.2, 0.25) is 17.7 Å². The molecule has 0 radical (unpaired) electrons. The minimum Gasteiger partial charge on any atom is -0.478 e. The predicted octanol–water partition coefficient (Wildman–Crippen LogP) is 7.38. The number of anilines is 2. The van der Waals surface area contributed by atoms with E-state index < -0.39 is 5.97 Å². The number of aromatic nitrogens is 2. The van der Waals surface area contributed by atoms with Gasteiger partial charge in [0.05, 0.1) is 5.92 Å². The Bertz CT molecular complexity index is 2490. The molecule has 304 valence electrons. The summed E-state index contributed by atoms with van der Waals surface area (Å²) >= 11 is 0. The van der Waals surface area contributed by atoms with E-state index in [4.69, 9.17) is 13.9 Å². The maximum absolute atomic E-state index is 12.4. The van der Waals surface area contributed by atoms with Gasteiger partial charge in [-0.2, -0.15) is 0 Å². The highest BCUT2D eigenvalue weighted by Gasteiger charge is 2.33. The molecule has 0 spiro atoms. The molecular formula is C44H42Cl2N6O7. The van der Waals surface area contributed by atoms with E-state index >= 15 is 0 Å². The largest absolute Gasteiger partial charge is 0.478 e. The lowest BCUT2D eigenvalue weighted by atomic mass is 9.97. The number of likely N-dealkylation sites (tertiary alicyclic amines) is 1. The first kappa shape index (κ1) is 42.3. The van der Waals surface area contributed by atoms with Crippen LogP contribution in [0.4, 0.5) is 11.6 Å². The third kappa shape index (κ3) is 10.2. The van der Waals surface area contributed by atoms with E-state index in [0.29, 0.717) is 56.3 Å². The fourth-order valence-corrected chi connectivity index (χ4v) is 6.91. The van der Waals surface area contributed by atoms with Gasteiger partial charge in [0.25, 0.3) is 0 Å². The molecule has 8 heterocycles. The number of halogens is 2. The van der Waals surface area contributed by atoms with Crippen LogP contribution in [0.1, 0.15) is 58.5 Å². The summed E-state index contributed by atoms with van der Waals surface area (Å²) in [5.74, 6) is 3.05. The molecule has 0 bridgehead atoms. The number of carboxylic acids is 1. The van der Waals surface area contributed by atoms with E-state index in [9.17, 15) is 19.2 Å². The molecule has 2 fully saturated rings. The summed E-state index contributed by atoms with van der Waals surface area (Å²) in [5, 5.41) is 19.5. The van der Waals surface area contributed by atoms with Gasteiger partial charge in [0.1, 0.15) is 34.3 Å². The van der Waals surface area contributed by atoms with Crippen molar-refractivity contribution < 1.29 is 33.1 Å². The Morgan fingerprint density at radius 3 is 1.64 bits per heavy atom. The van der Waals surface area contributed by atoms with Gasteiger partial charge in [-0.15, -0.1) is 24.8 Å². The van der Waals surface area contributed by atoms with E-state index in [-0.39, 0.29) is 48.5 Å². The van der Waals surface area contributed by atoms with Crippen LogP contribution in [0.2, 0.25) is 0 Å². The van der Waals surface area contributed by atoms with Crippen molar-refractivity contribution in [1.82, 2.24) is 20.2 Å². The van der Waals surface area contributed by atoms with Gasteiger partial charge < -0.3 is 34.8 Å². The minimum absolute atomic E-state index is 0. The highest BCUT2D eigenvalue weighted by Crippen LogP contribution is 2.32. The van der Waals surface area contributed by atoms with Crippen LogP contribution in [0.5, 0.6) is 0 Å². The van der Waals surface area contributed by atoms with E-state index in [1.807, 2.05) is 54.6 Å². The Hall–Kier alpha value is -6.28. The smallest absolute Gasteiger partial charge is 0.328 e. The number of benzene rings is 2. The third-order valence-corrected chi connectivity index (χ3v) is 10.2. The molecule has 0 atom stereocenters. The number of carboxylic acid groups (broad SMARTS) is 1. The lowest BCUT2D eigenvalue weighted by Gasteiger charge is -2.37. The number of amides is 3. The van der Waals surface area contributed by atoms with Crippen molar-refractivity contribution in [1.29, 1.82) is 0 Å². The second-order valence-electron chi connectivity index (χ2n) is 14.3. The number of rotatable bonds is 6. The average Bonchev–Trinajstić information content (AvgIpc) is 3.79.